The second-order valence-corrected chi connectivity index (χ2v) is 4.40. The summed E-state index contributed by atoms with van der Waals surface area (Å²) in [6.45, 7) is 5.37. The van der Waals surface area contributed by atoms with Gasteiger partial charge in [-0.05, 0) is 13.8 Å². The fourth-order valence-electron chi connectivity index (χ4n) is 1.81. The summed E-state index contributed by atoms with van der Waals surface area (Å²) >= 11 is 0. The first kappa shape index (κ1) is 15.4. The Labute approximate surface area is 111 Å². The lowest BCUT2D eigenvalue weighted by Crippen LogP contribution is -2.54. The smallest absolute Gasteiger partial charge is 0.318 e. The van der Waals surface area contributed by atoms with Crippen LogP contribution in [0.4, 0.5) is 4.79 Å². The molecular weight excluding hydrogens is 252 g/mol. The van der Waals surface area contributed by atoms with E-state index < -0.39 is 24.0 Å². The molecule has 0 bridgehead atoms. The highest BCUT2D eigenvalue weighted by Crippen LogP contribution is 2.01. The molecule has 0 spiro atoms. The predicted octanol–water partition coefficient (Wildman–Crippen LogP) is -1.59. The largest absolute Gasteiger partial charge is 0.378 e. The molecule has 1 heterocycles. The fourth-order valence-corrected chi connectivity index (χ4v) is 1.81. The third-order valence-electron chi connectivity index (χ3n) is 2.83. The van der Waals surface area contributed by atoms with Gasteiger partial charge < -0.3 is 15.4 Å². The van der Waals surface area contributed by atoms with Crippen LogP contribution in [0.3, 0.4) is 0 Å². The number of hydrogen-bond acceptors (Lipinski definition) is 5. The van der Waals surface area contributed by atoms with Gasteiger partial charge in [-0.1, -0.05) is 0 Å². The molecule has 1 rings (SSSR count). The van der Waals surface area contributed by atoms with E-state index in [2.05, 4.69) is 5.32 Å². The number of urea groups is 1. The Balaban J connectivity index is 2.44. The molecule has 0 aliphatic carbocycles. The molecule has 0 aromatic rings. The van der Waals surface area contributed by atoms with Crippen LogP contribution in [0.25, 0.3) is 0 Å². The van der Waals surface area contributed by atoms with Crippen LogP contribution in [-0.4, -0.2) is 61.1 Å². The van der Waals surface area contributed by atoms with E-state index in [0.29, 0.717) is 26.3 Å². The van der Waals surface area contributed by atoms with E-state index in [1.165, 1.54) is 0 Å². The van der Waals surface area contributed by atoms with E-state index in [0.717, 1.165) is 0 Å². The molecular formula is C11H20N4O4. The second kappa shape index (κ2) is 7.05. The Morgan fingerprint density at radius 2 is 1.74 bits per heavy atom. The summed E-state index contributed by atoms with van der Waals surface area (Å²) in [7, 11) is 0. The maximum atomic E-state index is 12.1. The molecule has 0 radical (unpaired) electrons. The van der Waals surface area contributed by atoms with E-state index >= 15 is 0 Å². The molecule has 4 N–H and O–H groups in total. The summed E-state index contributed by atoms with van der Waals surface area (Å²) in [5.41, 5.74) is 4.85. The minimum atomic E-state index is -0.911. The van der Waals surface area contributed by atoms with Crippen LogP contribution in [0.2, 0.25) is 0 Å². The van der Waals surface area contributed by atoms with E-state index in [1.807, 2.05) is 5.32 Å². The number of morpholine rings is 1. The SMILES string of the molecule is CC(NC(C)C(=O)N1CCOCC1)C(=O)NC(N)=O. The van der Waals surface area contributed by atoms with E-state index in [9.17, 15) is 14.4 Å². The standard InChI is InChI=1S/C11H20N4O4/c1-7(9(16)14-11(12)18)13-8(2)10(17)15-3-5-19-6-4-15/h7-8,13H,3-6H2,1-2H3,(H3,12,14,16,18). The van der Waals surface area contributed by atoms with Gasteiger partial charge in [-0.15, -0.1) is 0 Å². The van der Waals surface area contributed by atoms with Gasteiger partial charge in [0.25, 0.3) is 0 Å². The average molecular weight is 272 g/mol. The van der Waals surface area contributed by atoms with Crippen LogP contribution in [-0.2, 0) is 14.3 Å². The molecule has 108 valence electrons. The Morgan fingerprint density at radius 1 is 1.16 bits per heavy atom. The van der Waals surface area contributed by atoms with Crippen molar-refractivity contribution < 1.29 is 19.1 Å². The topological polar surface area (TPSA) is 114 Å². The third kappa shape index (κ3) is 4.84. The number of nitrogens with zero attached hydrogens (tertiary/aromatic N) is 1. The Bertz CT molecular complexity index is 355. The zero-order chi connectivity index (χ0) is 14.4. The monoisotopic (exact) mass is 272 g/mol. The van der Waals surface area contributed by atoms with Crippen molar-refractivity contribution in [2.75, 3.05) is 26.3 Å². The lowest BCUT2D eigenvalue weighted by molar-refractivity contribution is -0.137. The van der Waals surface area contributed by atoms with Gasteiger partial charge in [-0.3, -0.25) is 20.2 Å². The minimum absolute atomic E-state index is 0.0953. The van der Waals surface area contributed by atoms with Crippen LogP contribution < -0.4 is 16.4 Å². The summed E-state index contributed by atoms with van der Waals surface area (Å²) in [4.78, 5) is 35.8. The number of nitrogens with two attached hydrogens (primary N) is 1. The zero-order valence-corrected chi connectivity index (χ0v) is 11.1. The van der Waals surface area contributed by atoms with Crippen molar-refractivity contribution in [3.05, 3.63) is 0 Å². The number of amides is 4. The quantitative estimate of drug-likeness (QED) is 0.571. The second-order valence-electron chi connectivity index (χ2n) is 4.40. The molecule has 19 heavy (non-hydrogen) atoms. The molecule has 8 nitrogen and oxygen atoms in total. The van der Waals surface area contributed by atoms with Crippen molar-refractivity contribution in [3.63, 3.8) is 0 Å². The van der Waals surface area contributed by atoms with Gasteiger partial charge in [-0.2, -0.15) is 0 Å². The summed E-state index contributed by atoms with van der Waals surface area (Å²) in [6, 6.07) is -2.12. The maximum Gasteiger partial charge on any atom is 0.318 e. The number of rotatable bonds is 4. The third-order valence-corrected chi connectivity index (χ3v) is 2.83. The van der Waals surface area contributed by atoms with Crippen LogP contribution in [0.5, 0.6) is 0 Å². The lowest BCUT2D eigenvalue weighted by atomic mass is 10.2. The van der Waals surface area contributed by atoms with Crippen molar-refractivity contribution in [2.45, 2.75) is 25.9 Å². The number of primary amides is 1. The van der Waals surface area contributed by atoms with Gasteiger partial charge in [0, 0.05) is 13.1 Å². The van der Waals surface area contributed by atoms with E-state index in [1.54, 1.807) is 18.7 Å². The number of imide groups is 1. The molecule has 1 aliphatic heterocycles. The highest BCUT2D eigenvalue weighted by Gasteiger charge is 2.25. The first-order valence-corrected chi connectivity index (χ1v) is 6.14. The molecule has 1 aliphatic rings. The predicted molar refractivity (Wildman–Crippen MR) is 67.2 cm³/mol. The molecule has 0 aromatic heterocycles. The van der Waals surface area contributed by atoms with Gasteiger partial charge in [0.15, 0.2) is 0 Å². The highest BCUT2D eigenvalue weighted by molar-refractivity contribution is 5.96. The molecule has 2 unspecified atom stereocenters. The van der Waals surface area contributed by atoms with Crippen LogP contribution in [0.15, 0.2) is 0 Å². The van der Waals surface area contributed by atoms with E-state index in [4.69, 9.17) is 10.5 Å². The first-order valence-electron chi connectivity index (χ1n) is 6.14. The van der Waals surface area contributed by atoms with Gasteiger partial charge in [0.1, 0.15) is 0 Å². The van der Waals surface area contributed by atoms with Gasteiger partial charge in [0.2, 0.25) is 11.8 Å². The normalized spacial score (nSPS) is 18.5. The van der Waals surface area contributed by atoms with Crippen LogP contribution >= 0.6 is 0 Å². The number of carbonyl (C=O) groups is 3. The zero-order valence-electron chi connectivity index (χ0n) is 11.1. The van der Waals surface area contributed by atoms with E-state index in [-0.39, 0.29) is 5.91 Å². The molecule has 0 saturated carbocycles. The molecule has 2 atom stereocenters. The average Bonchev–Trinajstić information content (AvgIpc) is 2.37. The van der Waals surface area contributed by atoms with Crippen molar-refractivity contribution in [2.24, 2.45) is 5.73 Å². The van der Waals surface area contributed by atoms with Crippen LogP contribution in [0, 0.1) is 0 Å². The fraction of sp³-hybridized carbons (Fsp3) is 0.727. The highest BCUT2D eigenvalue weighted by atomic mass is 16.5. The summed E-state index contributed by atoms with van der Waals surface area (Å²) in [6.07, 6.45) is 0. The summed E-state index contributed by atoms with van der Waals surface area (Å²) < 4.78 is 5.16. The summed E-state index contributed by atoms with van der Waals surface area (Å²) in [5, 5.41) is 4.79. The van der Waals surface area contributed by atoms with Crippen molar-refractivity contribution in [3.8, 4) is 0 Å². The number of nitrogens with one attached hydrogen (secondary N) is 2. The minimum Gasteiger partial charge on any atom is -0.378 e. The Morgan fingerprint density at radius 3 is 2.26 bits per heavy atom. The van der Waals surface area contributed by atoms with Crippen molar-refractivity contribution in [1.82, 2.24) is 15.5 Å². The molecule has 1 saturated heterocycles. The van der Waals surface area contributed by atoms with Crippen LogP contribution in [0.1, 0.15) is 13.8 Å². The Kier molecular flexibility index (Phi) is 5.71. The summed E-state index contributed by atoms with van der Waals surface area (Å²) in [5.74, 6) is -0.656. The van der Waals surface area contributed by atoms with Gasteiger partial charge in [-0.25, -0.2) is 4.79 Å². The Hall–Kier alpha value is -1.67. The van der Waals surface area contributed by atoms with Crippen molar-refractivity contribution >= 4 is 17.8 Å². The molecule has 8 heteroatoms. The first-order chi connectivity index (χ1) is 8.91. The van der Waals surface area contributed by atoms with Gasteiger partial charge >= 0.3 is 6.03 Å². The molecule has 4 amide bonds. The van der Waals surface area contributed by atoms with Gasteiger partial charge in [0.05, 0.1) is 25.3 Å². The number of carbonyl (C=O) groups excluding carboxylic acids is 3. The lowest BCUT2D eigenvalue weighted by Gasteiger charge is -2.30. The molecule has 1 fully saturated rings. The van der Waals surface area contributed by atoms with Crippen molar-refractivity contribution in [1.29, 1.82) is 0 Å². The maximum absolute atomic E-state index is 12.1. The molecule has 0 aromatic carbocycles. The number of hydrogen-bond donors (Lipinski definition) is 3. The number of ether oxygens (including phenoxy) is 1.